The van der Waals surface area contributed by atoms with E-state index >= 15 is 0 Å². The number of amides is 1. The van der Waals surface area contributed by atoms with Gasteiger partial charge in [0.1, 0.15) is 12.1 Å². The van der Waals surface area contributed by atoms with Crippen LogP contribution in [0.2, 0.25) is 0 Å². The number of morpholine rings is 1. The fraction of sp³-hybridized carbons (Fsp3) is 0.308. The molecule has 0 saturated carbocycles. The lowest BCUT2D eigenvalue weighted by atomic mass is 10.1. The van der Waals surface area contributed by atoms with E-state index in [1.165, 1.54) is 18.2 Å². The molecule has 1 aliphatic rings. The van der Waals surface area contributed by atoms with Crippen molar-refractivity contribution in [3.05, 3.63) is 29.3 Å². The molecule has 1 aliphatic heterocycles. The van der Waals surface area contributed by atoms with Crippen molar-refractivity contribution in [2.45, 2.75) is 6.04 Å². The van der Waals surface area contributed by atoms with Gasteiger partial charge in [-0.2, -0.15) is 5.26 Å². The highest BCUT2D eigenvalue weighted by atomic mass is 16.5. The SMILES string of the molecule is N#Cc1cc(C(=O)O)ccc1N1CCOCC1C(N)=O. The third-order valence-corrected chi connectivity index (χ3v) is 3.13. The zero-order valence-corrected chi connectivity index (χ0v) is 10.6. The van der Waals surface area contributed by atoms with Gasteiger partial charge in [0.2, 0.25) is 5.91 Å². The summed E-state index contributed by atoms with van der Waals surface area (Å²) in [5.74, 6) is -1.66. The number of rotatable bonds is 3. The predicted molar refractivity (Wildman–Crippen MR) is 69.3 cm³/mol. The summed E-state index contributed by atoms with van der Waals surface area (Å²) in [4.78, 5) is 24.0. The first-order valence-electron chi connectivity index (χ1n) is 5.95. The Labute approximate surface area is 115 Å². The number of carbonyl (C=O) groups is 2. The number of nitrogens with two attached hydrogens (primary N) is 1. The molecular formula is C13H13N3O4. The van der Waals surface area contributed by atoms with Gasteiger partial charge >= 0.3 is 5.97 Å². The predicted octanol–water partition coefficient (Wildman–Crippen LogP) is -0.0530. The van der Waals surface area contributed by atoms with Gasteiger partial charge < -0.3 is 20.5 Å². The number of carbonyl (C=O) groups excluding carboxylic acids is 1. The Hall–Kier alpha value is -2.59. The molecule has 7 heteroatoms. The minimum absolute atomic E-state index is 0.0224. The van der Waals surface area contributed by atoms with Crippen LogP contribution in [-0.2, 0) is 9.53 Å². The molecule has 1 saturated heterocycles. The summed E-state index contributed by atoms with van der Waals surface area (Å²) in [6.07, 6.45) is 0. The number of aromatic carboxylic acids is 1. The summed E-state index contributed by atoms with van der Waals surface area (Å²) in [5, 5.41) is 18.1. The standard InChI is InChI=1S/C13H13N3O4/c14-6-9-5-8(13(18)19)1-2-10(9)16-3-4-20-7-11(16)12(15)17/h1-2,5,11H,3-4,7H2,(H2,15,17)(H,18,19). The lowest BCUT2D eigenvalue weighted by molar-refractivity contribution is -0.121. The Kier molecular flexibility index (Phi) is 3.86. The molecule has 3 N–H and O–H groups in total. The first-order valence-corrected chi connectivity index (χ1v) is 5.95. The molecule has 1 unspecified atom stereocenters. The number of benzene rings is 1. The second kappa shape index (κ2) is 5.59. The number of carboxylic acids is 1. The van der Waals surface area contributed by atoms with Gasteiger partial charge in [-0.05, 0) is 18.2 Å². The third-order valence-electron chi connectivity index (χ3n) is 3.13. The van der Waals surface area contributed by atoms with Gasteiger partial charge in [0, 0.05) is 6.54 Å². The number of ether oxygens (including phenoxy) is 1. The molecule has 20 heavy (non-hydrogen) atoms. The van der Waals surface area contributed by atoms with Crippen LogP contribution in [0.25, 0.3) is 0 Å². The maximum Gasteiger partial charge on any atom is 0.335 e. The highest BCUT2D eigenvalue weighted by Crippen LogP contribution is 2.25. The third kappa shape index (κ3) is 2.55. The second-order valence-corrected chi connectivity index (χ2v) is 4.34. The number of anilines is 1. The summed E-state index contributed by atoms with van der Waals surface area (Å²) in [6.45, 7) is 0.977. The number of hydrogen-bond acceptors (Lipinski definition) is 5. The van der Waals surface area contributed by atoms with Crippen LogP contribution < -0.4 is 10.6 Å². The Morgan fingerprint density at radius 2 is 2.25 bits per heavy atom. The van der Waals surface area contributed by atoms with Crippen LogP contribution in [0.1, 0.15) is 15.9 Å². The summed E-state index contributed by atoms with van der Waals surface area (Å²) in [5.41, 5.74) is 6.03. The van der Waals surface area contributed by atoms with Crippen LogP contribution in [-0.4, -0.2) is 42.8 Å². The number of carboxylic acid groups (broad SMARTS) is 1. The number of hydrogen-bond donors (Lipinski definition) is 2. The van der Waals surface area contributed by atoms with Crippen molar-refractivity contribution in [3.8, 4) is 6.07 Å². The average Bonchev–Trinajstić information content (AvgIpc) is 2.46. The minimum Gasteiger partial charge on any atom is -0.478 e. The fourth-order valence-electron chi connectivity index (χ4n) is 2.14. The summed E-state index contributed by atoms with van der Waals surface area (Å²) in [6, 6.07) is 5.48. The minimum atomic E-state index is -1.11. The maximum absolute atomic E-state index is 11.4. The van der Waals surface area contributed by atoms with Crippen LogP contribution in [0.3, 0.4) is 0 Å². The van der Waals surface area contributed by atoms with E-state index in [9.17, 15) is 9.59 Å². The van der Waals surface area contributed by atoms with Gasteiger partial charge in [0.05, 0.1) is 30.0 Å². The molecular weight excluding hydrogens is 262 g/mol. The van der Waals surface area contributed by atoms with Gasteiger partial charge in [-0.3, -0.25) is 4.79 Å². The number of nitriles is 1. The molecule has 7 nitrogen and oxygen atoms in total. The smallest absolute Gasteiger partial charge is 0.335 e. The molecule has 1 heterocycles. The molecule has 1 atom stereocenters. The Bertz CT molecular complexity index is 594. The average molecular weight is 275 g/mol. The van der Waals surface area contributed by atoms with Crippen molar-refractivity contribution in [2.75, 3.05) is 24.7 Å². The van der Waals surface area contributed by atoms with Crippen molar-refractivity contribution in [3.63, 3.8) is 0 Å². The van der Waals surface area contributed by atoms with Crippen LogP contribution >= 0.6 is 0 Å². The van der Waals surface area contributed by atoms with Crippen LogP contribution in [0.15, 0.2) is 18.2 Å². The van der Waals surface area contributed by atoms with E-state index in [1.54, 1.807) is 4.90 Å². The van der Waals surface area contributed by atoms with Crippen molar-refractivity contribution >= 4 is 17.6 Å². The first kappa shape index (κ1) is 13.8. The second-order valence-electron chi connectivity index (χ2n) is 4.34. The molecule has 2 rings (SSSR count). The largest absolute Gasteiger partial charge is 0.478 e. The molecule has 1 aromatic carbocycles. The van der Waals surface area contributed by atoms with Gasteiger partial charge in [0.15, 0.2) is 0 Å². The van der Waals surface area contributed by atoms with E-state index in [1.807, 2.05) is 6.07 Å². The van der Waals surface area contributed by atoms with E-state index in [0.717, 1.165) is 0 Å². The molecule has 0 bridgehead atoms. The molecule has 0 radical (unpaired) electrons. The van der Waals surface area contributed by atoms with E-state index in [-0.39, 0.29) is 17.7 Å². The zero-order chi connectivity index (χ0) is 14.7. The van der Waals surface area contributed by atoms with Crippen molar-refractivity contribution in [1.82, 2.24) is 0 Å². The topological polar surface area (TPSA) is 117 Å². The summed E-state index contributed by atoms with van der Waals surface area (Å²) < 4.78 is 5.21. The highest BCUT2D eigenvalue weighted by molar-refractivity contribution is 5.90. The Balaban J connectivity index is 2.43. The van der Waals surface area contributed by atoms with E-state index in [2.05, 4.69) is 0 Å². The lowest BCUT2D eigenvalue weighted by Crippen LogP contribution is -2.52. The van der Waals surface area contributed by atoms with Crippen LogP contribution in [0.4, 0.5) is 5.69 Å². The highest BCUT2D eigenvalue weighted by Gasteiger charge is 2.29. The summed E-state index contributed by atoms with van der Waals surface area (Å²) >= 11 is 0. The molecule has 1 amide bonds. The van der Waals surface area contributed by atoms with Gasteiger partial charge in [-0.1, -0.05) is 0 Å². The van der Waals surface area contributed by atoms with E-state index in [0.29, 0.717) is 18.8 Å². The number of primary amides is 1. The normalized spacial score (nSPS) is 18.4. The monoisotopic (exact) mass is 275 g/mol. The molecule has 0 spiro atoms. The fourth-order valence-corrected chi connectivity index (χ4v) is 2.14. The zero-order valence-electron chi connectivity index (χ0n) is 10.6. The maximum atomic E-state index is 11.4. The molecule has 1 aromatic rings. The Morgan fingerprint density at radius 3 is 2.85 bits per heavy atom. The number of nitrogens with zero attached hydrogens (tertiary/aromatic N) is 2. The summed E-state index contributed by atoms with van der Waals surface area (Å²) in [7, 11) is 0. The first-order chi connectivity index (χ1) is 9.54. The van der Waals surface area contributed by atoms with E-state index < -0.39 is 17.9 Å². The van der Waals surface area contributed by atoms with Gasteiger partial charge in [0.25, 0.3) is 0 Å². The van der Waals surface area contributed by atoms with Gasteiger partial charge in [-0.25, -0.2) is 4.79 Å². The van der Waals surface area contributed by atoms with E-state index in [4.69, 9.17) is 20.8 Å². The lowest BCUT2D eigenvalue weighted by Gasteiger charge is -2.35. The quantitative estimate of drug-likeness (QED) is 0.798. The van der Waals surface area contributed by atoms with Crippen molar-refractivity contribution in [2.24, 2.45) is 5.73 Å². The molecule has 0 aromatic heterocycles. The van der Waals surface area contributed by atoms with Crippen molar-refractivity contribution < 1.29 is 19.4 Å². The van der Waals surface area contributed by atoms with Crippen molar-refractivity contribution in [1.29, 1.82) is 5.26 Å². The van der Waals surface area contributed by atoms with Crippen LogP contribution in [0, 0.1) is 11.3 Å². The Morgan fingerprint density at radius 1 is 1.50 bits per heavy atom. The molecule has 1 fully saturated rings. The van der Waals surface area contributed by atoms with Crippen LogP contribution in [0.5, 0.6) is 0 Å². The molecule has 0 aliphatic carbocycles. The van der Waals surface area contributed by atoms with Gasteiger partial charge in [-0.15, -0.1) is 0 Å². The molecule has 104 valence electrons.